The Morgan fingerprint density at radius 1 is 1.40 bits per heavy atom. The fraction of sp³-hybridized carbons (Fsp3) is 0.333. The monoisotopic (exact) mass is 292 g/mol. The molecule has 0 saturated carbocycles. The van der Waals surface area contributed by atoms with Crippen LogP contribution in [-0.4, -0.2) is 39.3 Å². The van der Waals surface area contributed by atoms with Crippen molar-refractivity contribution in [1.29, 1.82) is 0 Å². The Morgan fingerprint density at radius 2 is 2.30 bits per heavy atom. The predicted octanol–water partition coefficient (Wildman–Crippen LogP) is 0.904. The molecule has 1 aliphatic heterocycles. The average molecular weight is 293 g/mol. The summed E-state index contributed by atoms with van der Waals surface area (Å²) in [5, 5.41) is 9.60. The molecule has 1 saturated heterocycles. The van der Waals surface area contributed by atoms with E-state index in [4.69, 9.17) is 11.6 Å². The number of nitrogens with one attached hydrogen (secondary N) is 2. The number of halogens is 1. The van der Waals surface area contributed by atoms with Crippen molar-refractivity contribution in [1.82, 2.24) is 20.2 Å². The average Bonchev–Trinajstić information content (AvgIpc) is 2.91. The highest BCUT2D eigenvalue weighted by molar-refractivity contribution is 6.33. The van der Waals surface area contributed by atoms with Gasteiger partial charge in [0.1, 0.15) is 10.8 Å². The van der Waals surface area contributed by atoms with Crippen molar-refractivity contribution in [3.05, 3.63) is 40.2 Å². The van der Waals surface area contributed by atoms with Crippen LogP contribution < -0.4 is 15.8 Å². The lowest BCUT2D eigenvalue weighted by molar-refractivity contribution is 0.798. The first kappa shape index (κ1) is 12.9. The molecule has 104 valence electrons. The molecule has 2 N–H and O–H groups in total. The third kappa shape index (κ3) is 2.57. The largest absolute Gasteiger partial charge is 0.367 e. The van der Waals surface area contributed by atoms with Gasteiger partial charge in [0.25, 0.3) is 5.56 Å². The SMILES string of the molecule is O=c1[nH]ncc(N2CCC(Nc3cnccn3)C2)c1Cl. The zero-order valence-electron chi connectivity index (χ0n) is 10.6. The van der Waals surface area contributed by atoms with Gasteiger partial charge in [-0.05, 0) is 6.42 Å². The number of rotatable bonds is 3. The van der Waals surface area contributed by atoms with Gasteiger partial charge >= 0.3 is 0 Å². The molecule has 8 heteroatoms. The summed E-state index contributed by atoms with van der Waals surface area (Å²) < 4.78 is 0. The van der Waals surface area contributed by atoms with E-state index >= 15 is 0 Å². The summed E-state index contributed by atoms with van der Waals surface area (Å²) in [5.74, 6) is 0.745. The normalized spacial score (nSPS) is 18.2. The minimum atomic E-state index is -0.366. The minimum Gasteiger partial charge on any atom is -0.367 e. The summed E-state index contributed by atoms with van der Waals surface area (Å²) >= 11 is 6.01. The van der Waals surface area contributed by atoms with Gasteiger partial charge in [-0.2, -0.15) is 5.10 Å². The molecule has 20 heavy (non-hydrogen) atoms. The third-order valence-electron chi connectivity index (χ3n) is 3.22. The molecule has 0 aliphatic carbocycles. The highest BCUT2D eigenvalue weighted by Crippen LogP contribution is 2.25. The standard InChI is InChI=1S/C12H13ClN6O/c13-11-9(5-16-18-12(11)20)19-4-1-8(7-19)17-10-6-14-2-3-15-10/h2-3,5-6,8H,1,4,7H2,(H,15,17)(H,18,20). The van der Waals surface area contributed by atoms with E-state index in [-0.39, 0.29) is 16.6 Å². The first-order valence-electron chi connectivity index (χ1n) is 6.25. The highest BCUT2D eigenvalue weighted by atomic mass is 35.5. The van der Waals surface area contributed by atoms with Crippen LogP contribution in [0.2, 0.25) is 5.02 Å². The molecule has 0 radical (unpaired) electrons. The lowest BCUT2D eigenvalue weighted by Gasteiger charge is -2.19. The summed E-state index contributed by atoms with van der Waals surface area (Å²) in [4.78, 5) is 21.7. The quantitative estimate of drug-likeness (QED) is 0.874. The smallest absolute Gasteiger partial charge is 0.285 e. The Morgan fingerprint density at radius 3 is 3.10 bits per heavy atom. The van der Waals surface area contributed by atoms with Crippen LogP contribution in [0.3, 0.4) is 0 Å². The molecule has 1 fully saturated rings. The maximum absolute atomic E-state index is 11.5. The molecule has 2 aromatic heterocycles. The van der Waals surface area contributed by atoms with Crippen molar-refractivity contribution in [3.8, 4) is 0 Å². The van der Waals surface area contributed by atoms with Crippen LogP contribution in [0.4, 0.5) is 11.5 Å². The number of aromatic amines is 1. The first-order valence-corrected chi connectivity index (χ1v) is 6.62. The molecule has 7 nitrogen and oxygen atoms in total. The van der Waals surface area contributed by atoms with E-state index in [1.165, 1.54) is 0 Å². The van der Waals surface area contributed by atoms with Gasteiger partial charge in [-0.25, -0.2) is 10.1 Å². The number of H-pyrrole nitrogens is 1. The van der Waals surface area contributed by atoms with Gasteiger partial charge in [0.05, 0.1) is 18.1 Å². The van der Waals surface area contributed by atoms with Crippen molar-refractivity contribution in [2.75, 3.05) is 23.3 Å². The van der Waals surface area contributed by atoms with E-state index < -0.39 is 0 Å². The van der Waals surface area contributed by atoms with Crippen molar-refractivity contribution < 1.29 is 0 Å². The van der Waals surface area contributed by atoms with E-state index in [0.29, 0.717) is 5.69 Å². The molecule has 0 bridgehead atoms. The molecule has 2 aromatic rings. The molecule has 3 rings (SSSR count). The first-order chi connectivity index (χ1) is 9.74. The van der Waals surface area contributed by atoms with E-state index in [0.717, 1.165) is 25.3 Å². The number of hydrogen-bond acceptors (Lipinski definition) is 6. The van der Waals surface area contributed by atoms with Gasteiger partial charge in [-0.15, -0.1) is 0 Å². The van der Waals surface area contributed by atoms with Gasteiger partial charge in [0.15, 0.2) is 0 Å². The minimum absolute atomic E-state index is 0.181. The third-order valence-corrected chi connectivity index (χ3v) is 3.59. The summed E-state index contributed by atoms with van der Waals surface area (Å²) in [6.45, 7) is 1.55. The second-order valence-electron chi connectivity index (χ2n) is 4.56. The Bertz CT molecular complexity index is 646. The zero-order chi connectivity index (χ0) is 13.9. The maximum atomic E-state index is 11.5. The fourth-order valence-electron chi connectivity index (χ4n) is 2.27. The molecular formula is C12H13ClN6O. The number of anilines is 2. The zero-order valence-corrected chi connectivity index (χ0v) is 11.3. The number of nitrogens with zero attached hydrogens (tertiary/aromatic N) is 4. The Balaban J connectivity index is 1.71. The number of aromatic nitrogens is 4. The summed E-state index contributed by atoms with van der Waals surface area (Å²) in [5.41, 5.74) is 0.299. The van der Waals surface area contributed by atoms with Crippen LogP contribution in [0.25, 0.3) is 0 Å². The highest BCUT2D eigenvalue weighted by Gasteiger charge is 2.25. The van der Waals surface area contributed by atoms with E-state index in [1.54, 1.807) is 24.8 Å². The van der Waals surface area contributed by atoms with Crippen LogP contribution >= 0.6 is 11.6 Å². The van der Waals surface area contributed by atoms with Gasteiger partial charge in [0, 0.05) is 31.5 Å². The maximum Gasteiger partial charge on any atom is 0.285 e. The Hall–Kier alpha value is -2.15. The molecular weight excluding hydrogens is 280 g/mol. The fourth-order valence-corrected chi connectivity index (χ4v) is 2.48. The Kier molecular flexibility index (Phi) is 3.51. The van der Waals surface area contributed by atoms with Gasteiger partial charge in [-0.3, -0.25) is 9.78 Å². The second kappa shape index (κ2) is 5.46. The lowest BCUT2D eigenvalue weighted by Crippen LogP contribution is -2.27. The van der Waals surface area contributed by atoms with Crippen molar-refractivity contribution in [3.63, 3.8) is 0 Å². The topological polar surface area (TPSA) is 86.8 Å². The second-order valence-corrected chi connectivity index (χ2v) is 4.94. The predicted molar refractivity (Wildman–Crippen MR) is 76.1 cm³/mol. The van der Waals surface area contributed by atoms with Crippen molar-refractivity contribution in [2.24, 2.45) is 0 Å². The van der Waals surface area contributed by atoms with Crippen LogP contribution in [-0.2, 0) is 0 Å². The molecule has 0 aromatic carbocycles. The summed E-state index contributed by atoms with van der Waals surface area (Å²) in [6, 6.07) is 0.238. The van der Waals surface area contributed by atoms with Crippen LogP contribution in [0.5, 0.6) is 0 Å². The van der Waals surface area contributed by atoms with Gasteiger partial charge in [0.2, 0.25) is 0 Å². The van der Waals surface area contributed by atoms with E-state index in [2.05, 4.69) is 25.5 Å². The van der Waals surface area contributed by atoms with Crippen molar-refractivity contribution in [2.45, 2.75) is 12.5 Å². The Labute approximate surface area is 120 Å². The van der Waals surface area contributed by atoms with Crippen molar-refractivity contribution >= 4 is 23.1 Å². The summed E-state index contributed by atoms with van der Waals surface area (Å²) in [6.07, 6.45) is 7.47. The molecule has 1 atom stereocenters. The summed E-state index contributed by atoms with van der Waals surface area (Å²) in [7, 11) is 0. The van der Waals surface area contributed by atoms with Gasteiger partial charge in [-0.1, -0.05) is 11.6 Å². The van der Waals surface area contributed by atoms with Crippen LogP contribution in [0.15, 0.2) is 29.6 Å². The van der Waals surface area contributed by atoms with Crippen LogP contribution in [0.1, 0.15) is 6.42 Å². The van der Waals surface area contributed by atoms with E-state index in [1.807, 2.05) is 4.90 Å². The lowest BCUT2D eigenvalue weighted by atomic mass is 10.2. The molecule has 3 heterocycles. The molecule has 1 aliphatic rings. The number of hydrogen-bond donors (Lipinski definition) is 2. The molecule has 0 spiro atoms. The van der Waals surface area contributed by atoms with Crippen LogP contribution in [0, 0.1) is 0 Å². The van der Waals surface area contributed by atoms with Gasteiger partial charge < -0.3 is 10.2 Å². The van der Waals surface area contributed by atoms with E-state index in [9.17, 15) is 4.79 Å². The molecule has 1 unspecified atom stereocenters. The molecule has 0 amide bonds.